The second kappa shape index (κ2) is 4.21. The molecule has 1 fully saturated rings. The highest BCUT2D eigenvalue weighted by Gasteiger charge is 2.23. The molecule has 18 heavy (non-hydrogen) atoms. The van der Waals surface area contributed by atoms with E-state index in [2.05, 4.69) is 15.4 Å². The summed E-state index contributed by atoms with van der Waals surface area (Å²) in [7, 11) is 1.64. The van der Waals surface area contributed by atoms with Crippen molar-refractivity contribution < 1.29 is 4.74 Å². The summed E-state index contributed by atoms with van der Waals surface area (Å²) in [5.41, 5.74) is 6.72. The van der Waals surface area contributed by atoms with Crippen LogP contribution in [0.1, 0.15) is 12.8 Å². The molecule has 0 amide bonds. The molecule has 1 heterocycles. The van der Waals surface area contributed by atoms with Gasteiger partial charge in [-0.1, -0.05) is 0 Å². The van der Waals surface area contributed by atoms with Crippen molar-refractivity contribution in [2.45, 2.75) is 18.9 Å². The van der Waals surface area contributed by atoms with Gasteiger partial charge in [0.05, 0.1) is 12.8 Å². The van der Waals surface area contributed by atoms with Gasteiger partial charge in [-0.3, -0.25) is 0 Å². The number of nitrogens with two attached hydrogens (primary N) is 1. The molecule has 94 valence electrons. The highest BCUT2D eigenvalue weighted by molar-refractivity contribution is 5.44. The van der Waals surface area contributed by atoms with Gasteiger partial charge < -0.3 is 15.8 Å². The van der Waals surface area contributed by atoms with Crippen LogP contribution in [0, 0.1) is 0 Å². The zero-order chi connectivity index (χ0) is 12.5. The number of nitrogen functional groups attached to an aromatic ring is 1. The lowest BCUT2D eigenvalue weighted by Gasteiger charge is -2.03. The molecule has 0 aliphatic heterocycles. The fourth-order valence-electron chi connectivity index (χ4n) is 1.71. The summed E-state index contributed by atoms with van der Waals surface area (Å²) in [6.07, 6.45) is 2.36. The van der Waals surface area contributed by atoms with Crippen LogP contribution in [0.2, 0.25) is 0 Å². The summed E-state index contributed by atoms with van der Waals surface area (Å²) in [6, 6.07) is 8.03. The predicted octanol–water partition coefficient (Wildman–Crippen LogP) is 1.43. The van der Waals surface area contributed by atoms with Crippen molar-refractivity contribution in [2.75, 3.05) is 18.2 Å². The quantitative estimate of drug-likeness (QED) is 0.852. The molecule has 1 aromatic carbocycles. The second-order valence-corrected chi connectivity index (χ2v) is 4.32. The summed E-state index contributed by atoms with van der Waals surface area (Å²) in [5, 5.41) is 7.57. The number of hydrogen-bond acceptors (Lipinski definition) is 5. The van der Waals surface area contributed by atoms with E-state index in [9.17, 15) is 0 Å². The lowest BCUT2D eigenvalue weighted by atomic mass is 10.3. The smallest absolute Gasteiger partial charge is 0.244 e. The van der Waals surface area contributed by atoms with Crippen molar-refractivity contribution in [3.8, 4) is 11.4 Å². The summed E-state index contributed by atoms with van der Waals surface area (Å²) >= 11 is 0. The van der Waals surface area contributed by atoms with E-state index >= 15 is 0 Å². The number of nitrogens with one attached hydrogen (secondary N) is 1. The molecule has 3 rings (SSSR count). The predicted molar refractivity (Wildman–Crippen MR) is 69.0 cm³/mol. The maximum atomic E-state index is 5.86. The summed E-state index contributed by atoms with van der Waals surface area (Å²) in [5.74, 6) is 1.77. The number of nitrogens with zero attached hydrogens (tertiary/aromatic N) is 3. The van der Waals surface area contributed by atoms with Crippen LogP contribution in [0.25, 0.3) is 5.69 Å². The minimum absolute atomic E-state index is 0.378. The van der Waals surface area contributed by atoms with Gasteiger partial charge in [-0.2, -0.15) is 9.67 Å². The largest absolute Gasteiger partial charge is 0.497 e. The Kier molecular flexibility index (Phi) is 2.55. The maximum absolute atomic E-state index is 5.86. The van der Waals surface area contributed by atoms with Crippen LogP contribution in [0.4, 0.5) is 11.9 Å². The van der Waals surface area contributed by atoms with Gasteiger partial charge in [0.1, 0.15) is 5.75 Å². The molecule has 0 spiro atoms. The van der Waals surface area contributed by atoms with Gasteiger partial charge in [0.15, 0.2) is 0 Å². The van der Waals surface area contributed by atoms with E-state index in [1.807, 2.05) is 24.3 Å². The van der Waals surface area contributed by atoms with E-state index in [1.54, 1.807) is 11.8 Å². The molecule has 2 aromatic rings. The molecule has 0 unspecified atom stereocenters. The Bertz CT molecular complexity index is 544. The first-order valence-corrected chi connectivity index (χ1v) is 5.90. The Morgan fingerprint density at radius 2 is 2.06 bits per heavy atom. The lowest BCUT2D eigenvalue weighted by Crippen LogP contribution is -2.04. The van der Waals surface area contributed by atoms with Crippen LogP contribution in [-0.4, -0.2) is 27.9 Å². The van der Waals surface area contributed by atoms with Crippen LogP contribution in [-0.2, 0) is 0 Å². The van der Waals surface area contributed by atoms with Crippen LogP contribution < -0.4 is 15.8 Å². The molecule has 1 saturated carbocycles. The van der Waals surface area contributed by atoms with Gasteiger partial charge >= 0.3 is 0 Å². The van der Waals surface area contributed by atoms with E-state index in [0.29, 0.717) is 17.9 Å². The summed E-state index contributed by atoms with van der Waals surface area (Å²) in [4.78, 5) is 4.20. The fourth-order valence-corrected chi connectivity index (χ4v) is 1.71. The van der Waals surface area contributed by atoms with Crippen molar-refractivity contribution in [3.05, 3.63) is 24.3 Å². The molecule has 0 saturated heterocycles. The van der Waals surface area contributed by atoms with Crippen LogP contribution >= 0.6 is 0 Å². The number of methoxy groups -OCH3 is 1. The number of ether oxygens (including phenoxy) is 1. The molecular formula is C12H15N5O. The van der Waals surface area contributed by atoms with Crippen molar-refractivity contribution in [1.29, 1.82) is 0 Å². The molecule has 6 nitrogen and oxygen atoms in total. The highest BCUT2D eigenvalue weighted by Crippen LogP contribution is 2.24. The Morgan fingerprint density at radius 1 is 1.33 bits per heavy atom. The second-order valence-electron chi connectivity index (χ2n) is 4.32. The average Bonchev–Trinajstić information content (AvgIpc) is 3.12. The van der Waals surface area contributed by atoms with Crippen molar-refractivity contribution in [1.82, 2.24) is 14.8 Å². The van der Waals surface area contributed by atoms with Crippen LogP contribution in [0.5, 0.6) is 5.75 Å². The first-order chi connectivity index (χ1) is 8.76. The van der Waals surface area contributed by atoms with Crippen molar-refractivity contribution in [2.24, 2.45) is 0 Å². The van der Waals surface area contributed by atoms with Gasteiger partial charge in [-0.05, 0) is 37.1 Å². The van der Waals surface area contributed by atoms with E-state index in [4.69, 9.17) is 10.5 Å². The molecular weight excluding hydrogens is 230 g/mol. The Balaban J connectivity index is 1.86. The molecule has 0 bridgehead atoms. The first-order valence-electron chi connectivity index (χ1n) is 5.90. The SMILES string of the molecule is COc1ccc(-n2nc(NC3CC3)nc2N)cc1. The number of anilines is 2. The molecule has 1 aliphatic rings. The molecule has 6 heteroatoms. The zero-order valence-corrected chi connectivity index (χ0v) is 10.1. The standard InChI is InChI=1S/C12H15N5O/c1-18-10-6-4-9(5-7-10)17-11(13)15-12(16-17)14-8-2-3-8/h4-8H,2-3H2,1H3,(H3,13,14,15,16). The van der Waals surface area contributed by atoms with Gasteiger partial charge in [0.2, 0.25) is 11.9 Å². The van der Waals surface area contributed by atoms with Crippen molar-refractivity contribution in [3.63, 3.8) is 0 Å². The highest BCUT2D eigenvalue weighted by atomic mass is 16.5. The third-order valence-electron chi connectivity index (χ3n) is 2.86. The van der Waals surface area contributed by atoms with Crippen LogP contribution in [0.3, 0.4) is 0 Å². The zero-order valence-electron chi connectivity index (χ0n) is 10.1. The summed E-state index contributed by atoms with van der Waals surface area (Å²) < 4.78 is 6.73. The van der Waals surface area contributed by atoms with Gasteiger partial charge in [-0.15, -0.1) is 5.10 Å². The normalized spacial score (nSPS) is 14.5. The van der Waals surface area contributed by atoms with E-state index in [-0.39, 0.29) is 0 Å². The van der Waals surface area contributed by atoms with Gasteiger partial charge in [-0.25, -0.2) is 0 Å². The average molecular weight is 245 g/mol. The Morgan fingerprint density at radius 3 is 2.67 bits per heavy atom. The van der Waals surface area contributed by atoms with E-state index < -0.39 is 0 Å². The van der Waals surface area contributed by atoms with E-state index in [1.165, 1.54) is 12.8 Å². The van der Waals surface area contributed by atoms with E-state index in [0.717, 1.165) is 11.4 Å². The maximum Gasteiger partial charge on any atom is 0.244 e. The molecule has 1 aliphatic carbocycles. The number of rotatable bonds is 4. The number of aromatic nitrogens is 3. The number of benzene rings is 1. The van der Waals surface area contributed by atoms with Crippen LogP contribution in [0.15, 0.2) is 24.3 Å². The third-order valence-corrected chi connectivity index (χ3v) is 2.86. The Hall–Kier alpha value is -2.24. The lowest BCUT2D eigenvalue weighted by molar-refractivity contribution is 0.414. The monoisotopic (exact) mass is 245 g/mol. The molecule has 1 aromatic heterocycles. The topological polar surface area (TPSA) is 78.0 Å². The molecule has 0 atom stereocenters. The minimum Gasteiger partial charge on any atom is -0.497 e. The van der Waals surface area contributed by atoms with Gasteiger partial charge in [0.25, 0.3) is 0 Å². The molecule has 0 radical (unpaired) electrons. The fraction of sp³-hybridized carbons (Fsp3) is 0.333. The van der Waals surface area contributed by atoms with Gasteiger partial charge in [0, 0.05) is 6.04 Å². The molecule has 3 N–H and O–H groups in total. The first kappa shape index (κ1) is 10.9. The number of hydrogen-bond donors (Lipinski definition) is 2. The minimum atomic E-state index is 0.378. The Labute approximate surface area is 105 Å². The summed E-state index contributed by atoms with van der Waals surface area (Å²) in [6.45, 7) is 0. The van der Waals surface area contributed by atoms with Crippen molar-refractivity contribution >= 4 is 11.9 Å². The third kappa shape index (κ3) is 2.09.